The fourth-order valence-corrected chi connectivity index (χ4v) is 1.45. The molecule has 14 heavy (non-hydrogen) atoms. The minimum atomic E-state index is -3.93. The Morgan fingerprint density at radius 3 is 2.29 bits per heavy atom. The number of ether oxygens (including phenoxy) is 1. The van der Waals surface area contributed by atoms with Crippen molar-refractivity contribution in [2.75, 3.05) is 26.5 Å². The van der Waals surface area contributed by atoms with Gasteiger partial charge >= 0.3 is 11.9 Å². The maximum atomic E-state index is 11.1. The van der Waals surface area contributed by atoms with Crippen molar-refractivity contribution >= 4 is 22.0 Å². The first-order valence-electron chi connectivity index (χ1n) is 3.52. The maximum Gasteiger partial charge on any atom is 0.320 e. The van der Waals surface area contributed by atoms with Crippen LogP contribution in [0.1, 0.15) is 0 Å². The number of aliphatic carboxylic acids is 1. The Bertz CT molecular complexity index is 321. The first kappa shape index (κ1) is 12.8. The van der Waals surface area contributed by atoms with Crippen LogP contribution in [0.4, 0.5) is 0 Å². The zero-order valence-corrected chi connectivity index (χ0v) is 8.57. The van der Waals surface area contributed by atoms with E-state index in [2.05, 4.69) is 4.74 Å². The largest absolute Gasteiger partial charge is 0.480 e. The summed E-state index contributed by atoms with van der Waals surface area (Å²) in [5.41, 5.74) is 0. The van der Waals surface area contributed by atoms with Crippen LogP contribution in [0.25, 0.3) is 0 Å². The number of hydrogen-bond acceptors (Lipinski definition) is 5. The van der Waals surface area contributed by atoms with Gasteiger partial charge in [0.15, 0.2) is 5.75 Å². The van der Waals surface area contributed by atoms with E-state index in [1.54, 1.807) is 0 Å². The average Bonchev–Trinajstić information content (AvgIpc) is 2.01. The number of rotatable bonds is 5. The Hall–Kier alpha value is -1.15. The first-order valence-corrected chi connectivity index (χ1v) is 5.13. The Balaban J connectivity index is 4.44. The van der Waals surface area contributed by atoms with Crippen molar-refractivity contribution in [3.8, 4) is 0 Å². The van der Waals surface area contributed by atoms with E-state index in [-0.39, 0.29) is 0 Å². The lowest BCUT2D eigenvalue weighted by molar-refractivity contribution is -0.140. The van der Waals surface area contributed by atoms with E-state index in [4.69, 9.17) is 5.11 Å². The molecular weight excluding hydrogens is 214 g/mol. The summed E-state index contributed by atoms with van der Waals surface area (Å²) in [7, 11) is -1.71. The van der Waals surface area contributed by atoms with E-state index in [0.717, 1.165) is 14.2 Å². The van der Waals surface area contributed by atoms with Gasteiger partial charge in [-0.2, -0.15) is 4.31 Å². The molecule has 0 aromatic carbocycles. The number of carbonyl (C=O) groups excluding carboxylic acids is 1. The van der Waals surface area contributed by atoms with E-state index in [0.29, 0.717) is 4.31 Å². The lowest BCUT2D eigenvalue weighted by Gasteiger charge is -2.13. The van der Waals surface area contributed by atoms with Crippen LogP contribution in [0.2, 0.25) is 0 Å². The number of carboxylic acid groups (broad SMARTS) is 1. The van der Waals surface area contributed by atoms with Crippen molar-refractivity contribution in [2.24, 2.45) is 0 Å². The summed E-state index contributed by atoms with van der Waals surface area (Å²) in [6.07, 6.45) is 0. The maximum absolute atomic E-state index is 11.1. The first-order chi connectivity index (χ1) is 6.29. The van der Waals surface area contributed by atoms with Gasteiger partial charge in [0.05, 0.1) is 7.11 Å². The van der Waals surface area contributed by atoms with Crippen LogP contribution in [-0.4, -0.2) is 56.2 Å². The molecule has 0 amide bonds. The Morgan fingerprint density at radius 1 is 1.43 bits per heavy atom. The molecule has 0 atom stereocenters. The second kappa shape index (κ2) is 4.91. The summed E-state index contributed by atoms with van der Waals surface area (Å²) in [6.45, 7) is -0.494. The molecule has 0 fully saturated rings. The average molecular weight is 225 g/mol. The molecule has 0 spiro atoms. The lowest BCUT2D eigenvalue weighted by Crippen LogP contribution is -2.36. The van der Waals surface area contributed by atoms with Gasteiger partial charge in [0, 0.05) is 7.05 Å². The van der Waals surface area contributed by atoms with Gasteiger partial charge in [0.25, 0.3) is 0 Å². The third-order valence-electron chi connectivity index (χ3n) is 1.36. The van der Waals surface area contributed by atoms with E-state index >= 15 is 0 Å². The summed E-state index contributed by atoms with van der Waals surface area (Å²) in [5, 5.41) is 8.27. The molecule has 0 radical (unpaired) electrons. The standard InChI is InChI=1S/C6H11NO6S/c1-7(3-6(10)13-2)14(11,12)4-5(8)9/h3-4H2,1-2H3,(H,8,9). The summed E-state index contributed by atoms with van der Waals surface area (Å²) < 4.78 is 27.1. The highest BCUT2D eigenvalue weighted by Crippen LogP contribution is 1.97. The fraction of sp³-hybridized carbons (Fsp3) is 0.667. The predicted molar refractivity (Wildman–Crippen MR) is 46.1 cm³/mol. The third-order valence-corrected chi connectivity index (χ3v) is 3.05. The lowest BCUT2D eigenvalue weighted by atomic mass is 10.7. The van der Waals surface area contributed by atoms with Gasteiger partial charge in [0.1, 0.15) is 6.54 Å². The van der Waals surface area contributed by atoms with Crippen LogP contribution in [0.3, 0.4) is 0 Å². The zero-order valence-electron chi connectivity index (χ0n) is 7.76. The monoisotopic (exact) mass is 225 g/mol. The molecule has 0 aromatic heterocycles. The molecule has 82 valence electrons. The molecule has 0 aliphatic rings. The topological polar surface area (TPSA) is 101 Å². The number of nitrogens with zero attached hydrogens (tertiary/aromatic N) is 1. The molecule has 0 unspecified atom stereocenters. The molecule has 0 aliphatic carbocycles. The minimum Gasteiger partial charge on any atom is -0.480 e. The number of methoxy groups -OCH3 is 1. The molecular formula is C6H11NO6S. The molecule has 0 rings (SSSR count). The van der Waals surface area contributed by atoms with Crippen molar-refractivity contribution < 1.29 is 27.9 Å². The highest BCUT2D eigenvalue weighted by Gasteiger charge is 2.23. The molecule has 7 nitrogen and oxygen atoms in total. The number of hydrogen-bond donors (Lipinski definition) is 1. The van der Waals surface area contributed by atoms with Crippen LogP contribution in [0, 0.1) is 0 Å². The Kier molecular flexibility index (Phi) is 4.51. The summed E-state index contributed by atoms with van der Waals surface area (Å²) in [6, 6.07) is 0. The molecule has 0 saturated carbocycles. The SMILES string of the molecule is COC(=O)CN(C)S(=O)(=O)CC(=O)O. The number of likely N-dealkylation sites (N-methyl/N-ethyl adjacent to an activating group) is 1. The van der Waals surface area contributed by atoms with Crippen molar-refractivity contribution in [2.45, 2.75) is 0 Å². The van der Waals surface area contributed by atoms with Crippen molar-refractivity contribution in [3.05, 3.63) is 0 Å². The Morgan fingerprint density at radius 2 is 1.93 bits per heavy atom. The quantitative estimate of drug-likeness (QED) is 0.572. The smallest absolute Gasteiger partial charge is 0.320 e. The molecule has 0 bridgehead atoms. The molecule has 8 heteroatoms. The van der Waals surface area contributed by atoms with Gasteiger partial charge in [0.2, 0.25) is 10.0 Å². The molecule has 0 aliphatic heterocycles. The van der Waals surface area contributed by atoms with Crippen LogP contribution >= 0.6 is 0 Å². The van der Waals surface area contributed by atoms with E-state index in [1.165, 1.54) is 0 Å². The minimum absolute atomic E-state index is 0.494. The second-order valence-corrected chi connectivity index (χ2v) is 4.56. The van der Waals surface area contributed by atoms with E-state index in [9.17, 15) is 18.0 Å². The summed E-state index contributed by atoms with van der Waals surface area (Å²) in [4.78, 5) is 20.8. The van der Waals surface area contributed by atoms with Crippen molar-refractivity contribution in [1.82, 2.24) is 4.31 Å². The summed E-state index contributed by atoms with van der Waals surface area (Å²) in [5.74, 6) is -3.26. The van der Waals surface area contributed by atoms with E-state index < -0.39 is 34.3 Å². The van der Waals surface area contributed by atoms with Crippen LogP contribution < -0.4 is 0 Å². The molecule has 0 heterocycles. The van der Waals surface area contributed by atoms with Crippen molar-refractivity contribution in [3.63, 3.8) is 0 Å². The summed E-state index contributed by atoms with van der Waals surface area (Å²) >= 11 is 0. The molecule has 1 N–H and O–H groups in total. The predicted octanol–water partition coefficient (Wildman–Crippen LogP) is -1.49. The fourth-order valence-electron chi connectivity index (χ4n) is 0.611. The van der Waals surface area contributed by atoms with Gasteiger partial charge in [-0.1, -0.05) is 0 Å². The number of esters is 1. The van der Waals surface area contributed by atoms with Gasteiger partial charge in [-0.05, 0) is 0 Å². The second-order valence-electron chi connectivity index (χ2n) is 2.48. The highest BCUT2D eigenvalue weighted by molar-refractivity contribution is 7.89. The van der Waals surface area contributed by atoms with Gasteiger partial charge < -0.3 is 9.84 Å². The van der Waals surface area contributed by atoms with Crippen LogP contribution in [0.15, 0.2) is 0 Å². The zero-order chi connectivity index (χ0) is 11.4. The van der Waals surface area contributed by atoms with Crippen LogP contribution in [-0.2, 0) is 24.3 Å². The number of carboxylic acids is 1. The van der Waals surface area contributed by atoms with Gasteiger partial charge in [-0.25, -0.2) is 8.42 Å². The van der Waals surface area contributed by atoms with Crippen LogP contribution in [0.5, 0.6) is 0 Å². The number of sulfonamides is 1. The number of carbonyl (C=O) groups is 2. The molecule has 0 aromatic rings. The third kappa shape index (κ3) is 4.19. The van der Waals surface area contributed by atoms with Gasteiger partial charge in [-0.15, -0.1) is 0 Å². The van der Waals surface area contributed by atoms with Gasteiger partial charge in [-0.3, -0.25) is 9.59 Å². The van der Waals surface area contributed by atoms with Crippen molar-refractivity contribution in [1.29, 1.82) is 0 Å². The highest BCUT2D eigenvalue weighted by atomic mass is 32.2. The Labute approximate surface area is 81.3 Å². The molecule has 0 saturated heterocycles. The van der Waals surface area contributed by atoms with E-state index in [1.807, 2.05) is 0 Å². The normalized spacial score (nSPS) is 11.4.